The number of rotatable bonds is 2. The lowest BCUT2D eigenvalue weighted by Gasteiger charge is -2.72. The summed E-state index contributed by atoms with van der Waals surface area (Å²) < 4.78 is 0. The fraction of sp³-hybridized carbons (Fsp3) is 0.900. The molecule has 0 heterocycles. The Hall–Kier alpha value is -0.950. The number of aliphatic hydroxyl groups excluding tert-OH is 4. The maximum absolute atomic E-state index is 12.8. The number of hydrogen-bond donors (Lipinski definition) is 5. The highest BCUT2D eigenvalue weighted by molar-refractivity contribution is 5.76. The van der Waals surface area contributed by atoms with Crippen molar-refractivity contribution in [2.45, 2.75) is 105 Å². The van der Waals surface area contributed by atoms with E-state index in [1.54, 1.807) is 0 Å². The van der Waals surface area contributed by atoms with Crippen LogP contribution in [0.5, 0.6) is 0 Å². The van der Waals surface area contributed by atoms with E-state index in [1.165, 1.54) is 5.57 Å². The number of carbonyl (C=O) groups is 1. The van der Waals surface area contributed by atoms with Crippen LogP contribution in [0.3, 0.4) is 0 Å². The van der Waals surface area contributed by atoms with Crippen molar-refractivity contribution >= 4 is 5.97 Å². The first kappa shape index (κ1) is 26.6. The molecule has 0 aliphatic heterocycles. The summed E-state index contributed by atoms with van der Waals surface area (Å²) in [5.41, 5.74) is -1.32. The summed E-state index contributed by atoms with van der Waals surface area (Å²) in [5, 5.41) is 54.5. The van der Waals surface area contributed by atoms with Crippen LogP contribution >= 0.6 is 0 Å². The Balaban J connectivity index is 1.65. The van der Waals surface area contributed by atoms with Crippen LogP contribution in [0.1, 0.15) is 86.5 Å². The summed E-state index contributed by atoms with van der Waals surface area (Å²) in [6.45, 7) is 12.9. The third kappa shape index (κ3) is 2.85. The van der Waals surface area contributed by atoms with Crippen molar-refractivity contribution < 1.29 is 30.3 Å². The van der Waals surface area contributed by atoms with Gasteiger partial charge < -0.3 is 25.5 Å². The molecular formula is C30H48O6. The van der Waals surface area contributed by atoms with Gasteiger partial charge in [0.25, 0.3) is 0 Å². The van der Waals surface area contributed by atoms with E-state index in [0.717, 1.165) is 38.5 Å². The van der Waals surface area contributed by atoms with Gasteiger partial charge in [-0.15, -0.1) is 0 Å². The highest BCUT2D eigenvalue weighted by Crippen LogP contribution is 2.75. The lowest BCUT2D eigenvalue weighted by molar-refractivity contribution is -0.287. The highest BCUT2D eigenvalue weighted by Gasteiger charge is 2.72. The number of fused-ring (bicyclic) bond motifs is 7. The van der Waals surface area contributed by atoms with Gasteiger partial charge in [0, 0.05) is 10.8 Å². The van der Waals surface area contributed by atoms with Crippen molar-refractivity contribution in [2.24, 2.45) is 56.7 Å². The van der Waals surface area contributed by atoms with Crippen LogP contribution in [0.15, 0.2) is 11.6 Å². The minimum absolute atomic E-state index is 0.0206. The second kappa shape index (κ2) is 8.03. The zero-order chi connectivity index (χ0) is 26.6. The SMILES string of the molecule is C[C@H]1[C@H](C)CC[C@]2(C(=O)O)CC[C@]3(C)C(=CC[C@@H]4[C@@]5(C)[C@H](O)[C@@H](O)[C@H](O)[C@@](C)(CO)[C@@H]5CC[C@]43C)[C@H]12. The van der Waals surface area contributed by atoms with E-state index in [1.807, 2.05) is 6.92 Å². The van der Waals surface area contributed by atoms with Gasteiger partial charge in [-0.25, -0.2) is 0 Å². The van der Waals surface area contributed by atoms with Gasteiger partial charge in [0.2, 0.25) is 0 Å². The van der Waals surface area contributed by atoms with Gasteiger partial charge in [0.1, 0.15) is 6.10 Å². The maximum atomic E-state index is 12.8. The lowest BCUT2D eigenvalue weighted by Crippen LogP contribution is -2.73. The van der Waals surface area contributed by atoms with Crippen LogP contribution in [0.25, 0.3) is 0 Å². The molecule has 4 saturated carbocycles. The minimum atomic E-state index is -1.31. The zero-order valence-electron chi connectivity index (χ0n) is 23.0. The third-order valence-corrected chi connectivity index (χ3v) is 13.7. The Labute approximate surface area is 216 Å². The summed E-state index contributed by atoms with van der Waals surface area (Å²) in [6, 6.07) is 0. The van der Waals surface area contributed by atoms with Crippen LogP contribution in [0.2, 0.25) is 0 Å². The maximum Gasteiger partial charge on any atom is 0.310 e. The first-order valence-corrected chi connectivity index (χ1v) is 14.3. The fourth-order valence-corrected chi connectivity index (χ4v) is 10.9. The minimum Gasteiger partial charge on any atom is -0.481 e. The summed E-state index contributed by atoms with van der Waals surface area (Å²) in [7, 11) is 0. The molecule has 0 bridgehead atoms. The second-order valence-electron chi connectivity index (χ2n) is 14.5. The Morgan fingerprint density at radius 1 is 0.944 bits per heavy atom. The molecule has 5 aliphatic rings. The molecule has 0 unspecified atom stereocenters. The predicted octanol–water partition coefficient (Wildman–Crippen LogP) is 4.00. The van der Waals surface area contributed by atoms with Crippen molar-refractivity contribution in [1.29, 1.82) is 0 Å². The quantitative estimate of drug-likeness (QED) is 0.363. The molecule has 4 fully saturated rings. The molecule has 5 rings (SSSR count). The molecule has 13 atom stereocenters. The van der Waals surface area contributed by atoms with Crippen molar-refractivity contribution in [3.05, 3.63) is 11.6 Å². The summed E-state index contributed by atoms with van der Waals surface area (Å²) in [4.78, 5) is 12.8. The molecular weight excluding hydrogens is 456 g/mol. The van der Waals surface area contributed by atoms with E-state index in [0.29, 0.717) is 18.3 Å². The molecule has 6 heteroatoms. The normalized spacial score (nSPS) is 58.6. The average molecular weight is 505 g/mol. The van der Waals surface area contributed by atoms with Gasteiger partial charge in [-0.05, 0) is 85.4 Å². The summed E-state index contributed by atoms with van der Waals surface area (Å²) in [6.07, 6.45) is 4.32. The van der Waals surface area contributed by atoms with Gasteiger partial charge in [-0.3, -0.25) is 4.79 Å². The number of aliphatic hydroxyl groups is 4. The van der Waals surface area contributed by atoms with Crippen LogP contribution in [0, 0.1) is 56.7 Å². The summed E-state index contributed by atoms with van der Waals surface area (Å²) in [5.74, 6) is 0.0710. The first-order chi connectivity index (χ1) is 16.7. The van der Waals surface area contributed by atoms with Crippen molar-refractivity contribution in [3.63, 3.8) is 0 Å². The van der Waals surface area contributed by atoms with Gasteiger partial charge in [0.05, 0.1) is 24.2 Å². The average Bonchev–Trinajstić information content (AvgIpc) is 2.84. The smallest absolute Gasteiger partial charge is 0.310 e. The Morgan fingerprint density at radius 3 is 2.22 bits per heavy atom. The number of carboxylic acids is 1. The van der Waals surface area contributed by atoms with Gasteiger partial charge in [0.15, 0.2) is 0 Å². The second-order valence-corrected chi connectivity index (χ2v) is 14.5. The van der Waals surface area contributed by atoms with Crippen LogP contribution < -0.4 is 0 Å². The van der Waals surface area contributed by atoms with E-state index in [9.17, 15) is 30.3 Å². The molecule has 0 saturated heterocycles. The highest BCUT2D eigenvalue weighted by atomic mass is 16.4. The number of allylic oxidation sites excluding steroid dienone is 2. The van der Waals surface area contributed by atoms with Gasteiger partial charge in [-0.2, -0.15) is 0 Å². The monoisotopic (exact) mass is 504 g/mol. The molecule has 36 heavy (non-hydrogen) atoms. The lowest BCUT2D eigenvalue weighted by atomic mass is 9.32. The van der Waals surface area contributed by atoms with E-state index in [4.69, 9.17) is 0 Å². The Kier molecular flexibility index (Phi) is 5.95. The molecule has 0 aromatic rings. The molecule has 0 amide bonds. The Bertz CT molecular complexity index is 963. The van der Waals surface area contributed by atoms with E-state index in [2.05, 4.69) is 40.7 Å². The third-order valence-electron chi connectivity index (χ3n) is 13.7. The zero-order valence-corrected chi connectivity index (χ0v) is 23.0. The largest absolute Gasteiger partial charge is 0.481 e. The van der Waals surface area contributed by atoms with E-state index >= 15 is 0 Å². The topological polar surface area (TPSA) is 118 Å². The molecule has 0 aromatic carbocycles. The van der Waals surface area contributed by atoms with E-state index in [-0.39, 0.29) is 35.2 Å². The molecule has 0 spiro atoms. The van der Waals surface area contributed by atoms with Gasteiger partial charge >= 0.3 is 5.97 Å². The fourth-order valence-electron chi connectivity index (χ4n) is 10.9. The van der Waals surface area contributed by atoms with E-state index < -0.39 is 40.5 Å². The number of aliphatic carboxylic acids is 1. The van der Waals surface area contributed by atoms with Crippen LogP contribution in [-0.2, 0) is 4.79 Å². The summed E-state index contributed by atoms with van der Waals surface area (Å²) >= 11 is 0. The van der Waals surface area contributed by atoms with Crippen molar-refractivity contribution in [3.8, 4) is 0 Å². The first-order valence-electron chi connectivity index (χ1n) is 14.3. The van der Waals surface area contributed by atoms with Gasteiger partial charge in [-0.1, -0.05) is 53.2 Å². The Morgan fingerprint density at radius 2 is 1.61 bits per heavy atom. The van der Waals surface area contributed by atoms with Crippen molar-refractivity contribution in [2.75, 3.05) is 6.61 Å². The van der Waals surface area contributed by atoms with Crippen molar-refractivity contribution in [1.82, 2.24) is 0 Å². The number of hydrogen-bond acceptors (Lipinski definition) is 5. The number of carboxylic acid groups (broad SMARTS) is 1. The molecule has 204 valence electrons. The molecule has 6 nitrogen and oxygen atoms in total. The molecule has 0 aromatic heterocycles. The van der Waals surface area contributed by atoms with Crippen LogP contribution in [0.4, 0.5) is 0 Å². The standard InChI is InChI=1S/C30H48O6/c1-16-9-12-30(25(35)36)14-13-27(4)18(21(30)17(16)2)7-8-20-28(27,5)11-10-19-26(3,15-31)23(33)22(32)24(34)29(19,20)6/h7,16-17,19-24,31-34H,8-15H2,1-6H3,(H,35,36)/t16-,17+,19+,20+,21+,22+,23+,24-,26+,27-,28-,29+,30+/m1/s1. The molecule has 0 radical (unpaired) electrons. The predicted molar refractivity (Wildman–Crippen MR) is 137 cm³/mol. The molecule has 5 N–H and O–H groups in total. The van der Waals surface area contributed by atoms with Crippen LogP contribution in [-0.4, -0.2) is 56.4 Å². The molecule has 5 aliphatic carbocycles.